The highest BCUT2D eigenvalue weighted by molar-refractivity contribution is 7.89. The van der Waals surface area contributed by atoms with Crippen molar-refractivity contribution in [3.05, 3.63) is 59.1 Å². The van der Waals surface area contributed by atoms with Crippen LogP contribution in [0.3, 0.4) is 0 Å². The fourth-order valence-electron chi connectivity index (χ4n) is 3.16. The molecule has 0 aromatic heterocycles. The quantitative estimate of drug-likeness (QED) is 0.701. The van der Waals surface area contributed by atoms with Crippen molar-refractivity contribution in [1.29, 1.82) is 0 Å². The van der Waals surface area contributed by atoms with Gasteiger partial charge in [-0.1, -0.05) is 11.6 Å². The maximum absolute atomic E-state index is 12.9. The van der Waals surface area contributed by atoms with Gasteiger partial charge in [0.25, 0.3) is 0 Å². The van der Waals surface area contributed by atoms with Crippen molar-refractivity contribution in [3.63, 3.8) is 0 Å². The molecule has 1 aliphatic heterocycles. The number of carbonyl (C=O) groups excluding carboxylic acids is 2. The Morgan fingerprint density at radius 3 is 2.41 bits per heavy atom. The van der Waals surface area contributed by atoms with Crippen molar-refractivity contribution in [3.8, 4) is 0 Å². The standard InChI is InChI=1S/C20H21ClN2O5S/c1-2-28-20(25)14-5-9-16(10-6-14)22-19(24)18-4-3-13-23(18)29(26,27)17-11-7-15(21)8-12-17/h5-12,18H,2-4,13H2,1H3,(H,22,24)/t18-/m0/s1. The molecule has 0 bridgehead atoms. The number of hydrogen-bond donors (Lipinski definition) is 1. The second kappa shape index (κ2) is 8.94. The molecule has 7 nitrogen and oxygen atoms in total. The van der Waals surface area contributed by atoms with Crippen LogP contribution in [0.4, 0.5) is 5.69 Å². The number of sulfonamides is 1. The first-order valence-electron chi connectivity index (χ1n) is 9.18. The van der Waals surface area contributed by atoms with E-state index in [2.05, 4.69) is 5.32 Å². The summed E-state index contributed by atoms with van der Waals surface area (Å²) in [6, 6.07) is 11.3. The van der Waals surface area contributed by atoms with E-state index in [4.69, 9.17) is 16.3 Å². The zero-order valence-electron chi connectivity index (χ0n) is 15.8. The largest absolute Gasteiger partial charge is 0.462 e. The lowest BCUT2D eigenvalue weighted by Crippen LogP contribution is -2.43. The van der Waals surface area contributed by atoms with E-state index in [1.54, 1.807) is 31.2 Å². The number of anilines is 1. The highest BCUT2D eigenvalue weighted by Gasteiger charge is 2.39. The molecule has 1 amide bonds. The van der Waals surface area contributed by atoms with E-state index >= 15 is 0 Å². The van der Waals surface area contributed by atoms with Crippen LogP contribution in [0.25, 0.3) is 0 Å². The van der Waals surface area contributed by atoms with Gasteiger partial charge in [-0.05, 0) is 68.3 Å². The fourth-order valence-corrected chi connectivity index (χ4v) is 4.94. The second-order valence-electron chi connectivity index (χ2n) is 6.51. The molecule has 1 atom stereocenters. The van der Waals surface area contributed by atoms with Crippen LogP contribution in [0.1, 0.15) is 30.1 Å². The highest BCUT2D eigenvalue weighted by atomic mass is 35.5. The van der Waals surface area contributed by atoms with Crippen LogP contribution in [0.2, 0.25) is 5.02 Å². The first-order chi connectivity index (χ1) is 13.8. The summed E-state index contributed by atoms with van der Waals surface area (Å²) in [5, 5.41) is 3.16. The van der Waals surface area contributed by atoms with Crippen LogP contribution in [-0.4, -0.2) is 43.8 Å². The van der Waals surface area contributed by atoms with Gasteiger partial charge in [-0.25, -0.2) is 13.2 Å². The first kappa shape index (κ1) is 21.3. The Balaban J connectivity index is 1.73. The molecule has 154 valence electrons. The number of hydrogen-bond acceptors (Lipinski definition) is 5. The van der Waals surface area contributed by atoms with Crippen molar-refractivity contribution >= 4 is 39.2 Å². The molecule has 9 heteroatoms. The van der Waals surface area contributed by atoms with Gasteiger partial charge in [-0.15, -0.1) is 0 Å². The summed E-state index contributed by atoms with van der Waals surface area (Å²) in [5.41, 5.74) is 0.844. The van der Waals surface area contributed by atoms with Gasteiger partial charge in [0.1, 0.15) is 6.04 Å². The van der Waals surface area contributed by atoms with Crippen molar-refractivity contribution in [2.24, 2.45) is 0 Å². The molecule has 0 aliphatic carbocycles. The number of amides is 1. The second-order valence-corrected chi connectivity index (χ2v) is 8.84. The Labute approximate surface area is 174 Å². The normalized spacial score (nSPS) is 17.1. The van der Waals surface area contributed by atoms with Gasteiger partial charge in [0, 0.05) is 17.3 Å². The van der Waals surface area contributed by atoms with Crippen LogP contribution in [-0.2, 0) is 19.6 Å². The van der Waals surface area contributed by atoms with Crippen molar-refractivity contribution in [1.82, 2.24) is 4.31 Å². The van der Waals surface area contributed by atoms with Crippen molar-refractivity contribution in [2.45, 2.75) is 30.7 Å². The molecular formula is C20H21ClN2O5S. The van der Waals surface area contributed by atoms with E-state index in [0.717, 1.165) is 0 Å². The zero-order valence-corrected chi connectivity index (χ0v) is 17.4. The van der Waals surface area contributed by atoms with Gasteiger partial charge in [-0.3, -0.25) is 4.79 Å². The molecule has 3 rings (SSSR count). The zero-order chi connectivity index (χ0) is 21.0. The van der Waals surface area contributed by atoms with Crippen LogP contribution in [0, 0.1) is 0 Å². The van der Waals surface area contributed by atoms with Gasteiger partial charge in [0.2, 0.25) is 15.9 Å². The Morgan fingerprint density at radius 1 is 1.14 bits per heavy atom. The minimum absolute atomic E-state index is 0.0976. The number of benzene rings is 2. The maximum Gasteiger partial charge on any atom is 0.338 e. The molecule has 1 N–H and O–H groups in total. The predicted molar refractivity (Wildman–Crippen MR) is 109 cm³/mol. The summed E-state index contributed by atoms with van der Waals surface area (Å²) >= 11 is 5.84. The summed E-state index contributed by atoms with van der Waals surface area (Å²) in [4.78, 5) is 24.6. The molecule has 1 aliphatic rings. The average Bonchev–Trinajstić information content (AvgIpc) is 3.20. The third-order valence-corrected chi connectivity index (χ3v) is 6.76. The van der Waals surface area contributed by atoms with Crippen LogP contribution in [0.15, 0.2) is 53.4 Å². The van der Waals surface area contributed by atoms with Gasteiger partial charge in [-0.2, -0.15) is 4.31 Å². The lowest BCUT2D eigenvalue weighted by molar-refractivity contribution is -0.119. The van der Waals surface area contributed by atoms with Gasteiger partial charge in [0.05, 0.1) is 17.1 Å². The van der Waals surface area contributed by atoms with Crippen LogP contribution < -0.4 is 5.32 Å². The predicted octanol–water partition coefficient (Wildman–Crippen LogP) is 3.31. The monoisotopic (exact) mass is 436 g/mol. The lowest BCUT2D eigenvalue weighted by atomic mass is 10.2. The summed E-state index contributed by atoms with van der Waals surface area (Å²) in [7, 11) is -3.81. The highest BCUT2D eigenvalue weighted by Crippen LogP contribution is 2.27. The third-order valence-electron chi connectivity index (χ3n) is 4.59. The smallest absolute Gasteiger partial charge is 0.338 e. The minimum Gasteiger partial charge on any atom is -0.462 e. The molecular weight excluding hydrogens is 416 g/mol. The number of nitrogens with one attached hydrogen (secondary N) is 1. The average molecular weight is 437 g/mol. The lowest BCUT2D eigenvalue weighted by Gasteiger charge is -2.23. The summed E-state index contributed by atoms with van der Waals surface area (Å²) < 4.78 is 32.0. The first-order valence-corrected chi connectivity index (χ1v) is 11.0. The fraction of sp³-hybridized carbons (Fsp3) is 0.300. The van der Waals surface area contributed by atoms with Crippen molar-refractivity contribution in [2.75, 3.05) is 18.5 Å². The van der Waals surface area contributed by atoms with Gasteiger partial charge < -0.3 is 10.1 Å². The van der Waals surface area contributed by atoms with Crippen molar-refractivity contribution < 1.29 is 22.7 Å². The molecule has 0 unspecified atom stereocenters. The Morgan fingerprint density at radius 2 is 1.79 bits per heavy atom. The topological polar surface area (TPSA) is 92.8 Å². The maximum atomic E-state index is 12.9. The molecule has 1 saturated heterocycles. The number of nitrogens with zero attached hydrogens (tertiary/aromatic N) is 1. The molecule has 0 spiro atoms. The molecule has 2 aromatic carbocycles. The molecule has 0 saturated carbocycles. The van der Waals surface area contributed by atoms with E-state index in [1.807, 2.05) is 0 Å². The summed E-state index contributed by atoms with van der Waals surface area (Å²) in [6.07, 6.45) is 1.02. The SMILES string of the molecule is CCOC(=O)c1ccc(NC(=O)[C@@H]2CCCN2S(=O)(=O)c2ccc(Cl)cc2)cc1. The van der Waals surface area contributed by atoms with E-state index in [9.17, 15) is 18.0 Å². The summed E-state index contributed by atoms with van der Waals surface area (Å²) in [6.45, 7) is 2.26. The molecule has 1 fully saturated rings. The van der Waals surface area contributed by atoms with E-state index < -0.39 is 27.9 Å². The van der Waals surface area contributed by atoms with Crippen LogP contribution in [0.5, 0.6) is 0 Å². The molecule has 2 aromatic rings. The Bertz CT molecular complexity index is 991. The van der Waals surface area contributed by atoms with E-state index in [0.29, 0.717) is 29.1 Å². The Hall–Kier alpha value is -2.42. The number of esters is 1. The van der Waals surface area contributed by atoms with Gasteiger partial charge in [0.15, 0.2) is 0 Å². The molecule has 0 radical (unpaired) electrons. The minimum atomic E-state index is -3.81. The van der Waals surface area contributed by atoms with Crippen LogP contribution >= 0.6 is 11.6 Å². The van der Waals surface area contributed by atoms with E-state index in [-0.39, 0.29) is 18.0 Å². The number of halogens is 1. The Kier molecular flexibility index (Phi) is 6.56. The molecule has 1 heterocycles. The summed E-state index contributed by atoms with van der Waals surface area (Å²) in [5.74, 6) is -0.856. The third kappa shape index (κ3) is 4.77. The number of rotatable bonds is 6. The van der Waals surface area contributed by atoms with E-state index in [1.165, 1.54) is 28.6 Å². The molecule has 29 heavy (non-hydrogen) atoms. The number of carbonyl (C=O) groups is 2. The van der Waals surface area contributed by atoms with Gasteiger partial charge >= 0.3 is 5.97 Å². The number of ether oxygens (including phenoxy) is 1.